The van der Waals surface area contributed by atoms with Crippen molar-refractivity contribution in [2.75, 3.05) is 0 Å². The van der Waals surface area contributed by atoms with E-state index in [4.69, 9.17) is 4.43 Å². The number of aryl methyl sites for hydroxylation is 1. The Morgan fingerprint density at radius 1 is 0.935 bits per heavy atom. The molecule has 1 atom stereocenters. The predicted molar refractivity (Wildman–Crippen MR) is 142 cm³/mol. The summed E-state index contributed by atoms with van der Waals surface area (Å²) in [6, 6.07) is 19.8. The van der Waals surface area contributed by atoms with E-state index in [0.717, 1.165) is 19.4 Å². The molecule has 0 saturated carbocycles. The molecule has 0 radical (unpaired) electrons. The molecule has 0 bridgehead atoms. The largest absolute Gasteiger partial charge is 0.409 e. The van der Waals surface area contributed by atoms with Gasteiger partial charge in [0.1, 0.15) is 0 Å². The Labute approximate surface area is 191 Å². The molecule has 31 heavy (non-hydrogen) atoms. The van der Waals surface area contributed by atoms with Crippen LogP contribution in [0.25, 0.3) is 10.9 Å². The highest BCUT2D eigenvalue weighted by atomic mass is 28.4. The number of para-hydroxylation sites is 1. The average molecular weight is 450 g/mol. The zero-order chi connectivity index (χ0) is 22.9. The molecule has 0 aliphatic carbocycles. The Kier molecular flexibility index (Phi) is 6.85. The highest BCUT2D eigenvalue weighted by Crippen LogP contribution is 2.29. The number of nitrogens with zero attached hydrogens (tertiary/aromatic N) is 1. The van der Waals surface area contributed by atoms with Crippen molar-refractivity contribution in [3.63, 3.8) is 0 Å². The molecule has 3 rings (SSSR count). The van der Waals surface area contributed by atoms with Gasteiger partial charge in [-0.2, -0.15) is 0 Å². The van der Waals surface area contributed by atoms with E-state index >= 15 is 0 Å². The Bertz CT molecular complexity index is 1040. The van der Waals surface area contributed by atoms with E-state index in [2.05, 4.69) is 112 Å². The lowest BCUT2D eigenvalue weighted by Crippen LogP contribution is -2.45. The molecule has 0 amide bonds. The Hall–Kier alpha value is -1.89. The molecule has 2 aromatic carbocycles. The first-order valence-electron chi connectivity index (χ1n) is 11.4. The first-order valence-corrected chi connectivity index (χ1v) is 18.3. The van der Waals surface area contributed by atoms with Crippen LogP contribution in [0.3, 0.4) is 0 Å². The van der Waals surface area contributed by atoms with Crippen LogP contribution >= 0.6 is 0 Å². The fourth-order valence-electron chi connectivity index (χ4n) is 4.68. The van der Waals surface area contributed by atoms with Gasteiger partial charge in [-0.15, -0.1) is 6.58 Å². The Morgan fingerprint density at radius 2 is 1.55 bits per heavy atom. The lowest BCUT2D eigenvalue weighted by Gasteiger charge is -2.34. The van der Waals surface area contributed by atoms with Crippen LogP contribution in [0.5, 0.6) is 0 Å². The third-order valence-corrected chi connectivity index (χ3v) is 8.88. The average Bonchev–Trinajstić information content (AvgIpc) is 3.00. The molecular weight excluding hydrogens is 410 g/mol. The van der Waals surface area contributed by atoms with Crippen LogP contribution in [-0.4, -0.2) is 26.6 Å². The minimum absolute atomic E-state index is 0.288. The number of rotatable bonds is 9. The van der Waals surface area contributed by atoms with Gasteiger partial charge in [0, 0.05) is 22.8 Å². The van der Waals surface area contributed by atoms with Crippen LogP contribution in [-0.2, 0) is 17.4 Å². The minimum atomic E-state index is -1.67. The highest BCUT2D eigenvalue weighted by Gasteiger charge is 2.32. The van der Waals surface area contributed by atoms with Crippen LogP contribution in [0.1, 0.15) is 24.5 Å². The standard InChI is InChI=1S/C27H39NOSi2/c1-9-27(2,29-31(6,7)8)20-19-24-23-17-13-14-18-25(23)28(26(24)30(3,4)5)21-22-15-11-10-12-16-22/h9-18H,1,19-21H2,2-8H3/t27-/m0/s1. The van der Waals surface area contributed by atoms with Gasteiger partial charge in [-0.3, -0.25) is 0 Å². The maximum absolute atomic E-state index is 6.56. The van der Waals surface area contributed by atoms with Crippen molar-refractivity contribution in [1.82, 2.24) is 4.57 Å². The van der Waals surface area contributed by atoms with Crippen LogP contribution in [0.2, 0.25) is 39.3 Å². The quantitative estimate of drug-likeness (QED) is 0.254. The van der Waals surface area contributed by atoms with Crippen molar-refractivity contribution in [3.8, 4) is 0 Å². The summed E-state index contributed by atoms with van der Waals surface area (Å²) in [4.78, 5) is 0. The zero-order valence-electron chi connectivity index (χ0n) is 20.5. The summed E-state index contributed by atoms with van der Waals surface area (Å²) in [5.74, 6) is 0. The van der Waals surface area contributed by atoms with Gasteiger partial charge in [-0.1, -0.05) is 74.2 Å². The molecule has 0 aliphatic rings. The predicted octanol–water partition coefficient (Wildman–Crippen LogP) is 6.96. The van der Waals surface area contributed by atoms with Gasteiger partial charge in [0.25, 0.3) is 0 Å². The molecule has 0 saturated heterocycles. The maximum atomic E-state index is 6.56. The van der Waals surface area contributed by atoms with Crippen molar-refractivity contribution in [2.24, 2.45) is 0 Å². The Balaban J connectivity index is 2.09. The maximum Gasteiger partial charge on any atom is 0.184 e. The second-order valence-corrected chi connectivity index (χ2v) is 20.3. The van der Waals surface area contributed by atoms with Crippen LogP contribution in [0.4, 0.5) is 0 Å². The number of benzene rings is 2. The summed E-state index contributed by atoms with van der Waals surface area (Å²) >= 11 is 0. The lowest BCUT2D eigenvalue weighted by atomic mass is 9.97. The van der Waals surface area contributed by atoms with Gasteiger partial charge in [0.05, 0.1) is 13.7 Å². The summed E-state index contributed by atoms with van der Waals surface area (Å²) in [5.41, 5.74) is 3.93. The number of hydrogen-bond donors (Lipinski definition) is 0. The van der Waals surface area contributed by atoms with Gasteiger partial charge < -0.3 is 8.99 Å². The molecule has 0 N–H and O–H groups in total. The summed E-state index contributed by atoms with van der Waals surface area (Å²) in [5, 5.41) is 2.97. The molecule has 4 heteroatoms. The van der Waals surface area contributed by atoms with E-state index in [9.17, 15) is 0 Å². The fourth-order valence-corrected chi connectivity index (χ4v) is 8.44. The van der Waals surface area contributed by atoms with Gasteiger partial charge in [0.15, 0.2) is 8.32 Å². The molecule has 0 spiro atoms. The Morgan fingerprint density at radius 3 is 2.13 bits per heavy atom. The van der Waals surface area contributed by atoms with E-state index in [1.165, 1.54) is 22.0 Å². The zero-order valence-corrected chi connectivity index (χ0v) is 22.5. The third-order valence-electron chi connectivity index (χ3n) is 5.81. The van der Waals surface area contributed by atoms with E-state index in [-0.39, 0.29) is 5.60 Å². The van der Waals surface area contributed by atoms with E-state index in [1.807, 2.05) is 6.08 Å². The minimum Gasteiger partial charge on any atom is -0.409 e. The summed E-state index contributed by atoms with van der Waals surface area (Å²) < 4.78 is 9.16. The monoisotopic (exact) mass is 449 g/mol. The molecule has 0 aliphatic heterocycles. The second kappa shape index (κ2) is 8.93. The molecule has 0 unspecified atom stereocenters. The van der Waals surface area contributed by atoms with Crippen LogP contribution in [0, 0.1) is 0 Å². The van der Waals surface area contributed by atoms with Crippen LogP contribution in [0.15, 0.2) is 67.3 Å². The normalized spacial score (nSPS) is 14.5. The number of fused-ring (bicyclic) bond motifs is 1. The van der Waals surface area contributed by atoms with Gasteiger partial charge in [-0.05, 0) is 56.6 Å². The van der Waals surface area contributed by atoms with E-state index < -0.39 is 16.4 Å². The van der Waals surface area contributed by atoms with E-state index in [1.54, 1.807) is 5.32 Å². The van der Waals surface area contributed by atoms with Crippen molar-refractivity contribution in [2.45, 2.75) is 71.2 Å². The molecule has 0 fully saturated rings. The number of hydrogen-bond acceptors (Lipinski definition) is 1. The summed E-state index contributed by atoms with van der Waals surface area (Å²) in [6.07, 6.45) is 3.98. The molecule has 1 heterocycles. The smallest absolute Gasteiger partial charge is 0.184 e. The van der Waals surface area contributed by atoms with Gasteiger partial charge >= 0.3 is 0 Å². The van der Waals surface area contributed by atoms with Crippen molar-refractivity contribution < 1.29 is 4.43 Å². The van der Waals surface area contributed by atoms with Gasteiger partial charge in [0.2, 0.25) is 0 Å². The lowest BCUT2D eigenvalue weighted by molar-refractivity contribution is 0.123. The van der Waals surface area contributed by atoms with Crippen LogP contribution < -0.4 is 5.32 Å². The third kappa shape index (κ3) is 5.68. The summed E-state index contributed by atoms with van der Waals surface area (Å²) in [6.45, 7) is 21.4. The van der Waals surface area contributed by atoms with Gasteiger partial charge in [-0.25, -0.2) is 0 Å². The fraction of sp³-hybridized carbons (Fsp3) is 0.407. The topological polar surface area (TPSA) is 14.2 Å². The van der Waals surface area contributed by atoms with Crippen molar-refractivity contribution >= 4 is 32.6 Å². The molecular formula is C27H39NOSi2. The first-order chi connectivity index (χ1) is 14.4. The molecule has 166 valence electrons. The van der Waals surface area contributed by atoms with Crippen molar-refractivity contribution in [3.05, 3.63) is 78.4 Å². The number of aromatic nitrogens is 1. The molecule has 1 aromatic heterocycles. The van der Waals surface area contributed by atoms with E-state index in [0.29, 0.717) is 0 Å². The highest BCUT2D eigenvalue weighted by molar-refractivity contribution is 6.88. The molecule has 2 nitrogen and oxygen atoms in total. The van der Waals surface area contributed by atoms with Crippen molar-refractivity contribution in [1.29, 1.82) is 0 Å². The molecule has 3 aromatic rings. The first kappa shape index (κ1) is 23.8. The summed E-state index contributed by atoms with van der Waals surface area (Å²) in [7, 11) is -3.28. The second-order valence-electron chi connectivity index (χ2n) is 10.9. The SMILES string of the molecule is C=C[C@@](C)(CCc1c([Si](C)(C)C)n(Cc2ccccc2)c2ccccc12)O[Si](C)(C)C.